The van der Waals surface area contributed by atoms with Crippen molar-refractivity contribution in [2.45, 2.75) is 11.4 Å². The molecule has 5 nitrogen and oxygen atoms in total. The molecule has 1 N–H and O–H groups in total. The summed E-state index contributed by atoms with van der Waals surface area (Å²) in [5, 5.41) is 3.41. The molecule has 144 valence electrons. The summed E-state index contributed by atoms with van der Waals surface area (Å²) < 4.78 is 4.91. The Kier molecular flexibility index (Phi) is 8.64. The largest absolute Gasteiger partial charge is 0.383 e. The van der Waals surface area contributed by atoms with E-state index in [1.54, 1.807) is 31.2 Å². The van der Waals surface area contributed by atoms with E-state index in [9.17, 15) is 9.59 Å². The third kappa shape index (κ3) is 6.90. The van der Waals surface area contributed by atoms with Crippen LogP contribution >= 0.6 is 23.4 Å². The van der Waals surface area contributed by atoms with Crippen molar-refractivity contribution in [2.75, 3.05) is 33.1 Å². The highest BCUT2D eigenvalue weighted by molar-refractivity contribution is 8.00. The summed E-state index contributed by atoms with van der Waals surface area (Å²) in [6.07, 6.45) is 0. The van der Waals surface area contributed by atoms with Gasteiger partial charge in [-0.3, -0.25) is 9.59 Å². The number of ether oxygens (including phenoxy) is 1. The minimum atomic E-state index is -0.0992. The molecular formula is C20H23ClN2O3S. The molecule has 0 aliphatic carbocycles. The molecule has 2 aromatic rings. The van der Waals surface area contributed by atoms with Gasteiger partial charge < -0.3 is 15.0 Å². The summed E-state index contributed by atoms with van der Waals surface area (Å²) in [6.45, 7) is 1.40. The van der Waals surface area contributed by atoms with Gasteiger partial charge >= 0.3 is 0 Å². The lowest BCUT2D eigenvalue weighted by Gasteiger charge is -2.19. The Balaban J connectivity index is 2.00. The van der Waals surface area contributed by atoms with Gasteiger partial charge in [0.05, 0.1) is 17.9 Å². The van der Waals surface area contributed by atoms with Crippen LogP contribution in [0.15, 0.2) is 53.4 Å². The van der Waals surface area contributed by atoms with Crippen LogP contribution in [0.2, 0.25) is 5.02 Å². The molecular weight excluding hydrogens is 384 g/mol. The molecule has 0 aliphatic rings. The highest BCUT2D eigenvalue weighted by Gasteiger charge is 2.17. The minimum Gasteiger partial charge on any atom is -0.383 e. The maximum Gasteiger partial charge on any atom is 0.255 e. The van der Waals surface area contributed by atoms with Crippen molar-refractivity contribution < 1.29 is 14.3 Å². The number of nitrogens with zero attached hydrogens (tertiary/aromatic N) is 1. The van der Waals surface area contributed by atoms with Gasteiger partial charge in [-0.15, -0.1) is 11.8 Å². The third-order valence-corrected chi connectivity index (χ3v) is 5.07. The van der Waals surface area contributed by atoms with Gasteiger partial charge in [-0.25, -0.2) is 0 Å². The smallest absolute Gasteiger partial charge is 0.255 e. The second-order valence-corrected chi connectivity index (χ2v) is 7.37. The van der Waals surface area contributed by atoms with E-state index in [-0.39, 0.29) is 17.6 Å². The lowest BCUT2D eigenvalue weighted by Crippen LogP contribution is -2.29. The zero-order chi connectivity index (χ0) is 19.6. The van der Waals surface area contributed by atoms with E-state index < -0.39 is 0 Å². The molecule has 0 bridgehead atoms. The van der Waals surface area contributed by atoms with Crippen molar-refractivity contribution in [1.29, 1.82) is 0 Å². The molecule has 2 aromatic carbocycles. The molecule has 0 fully saturated rings. The minimum absolute atomic E-state index is 0.0911. The summed E-state index contributed by atoms with van der Waals surface area (Å²) >= 11 is 7.36. The number of methoxy groups -OCH3 is 1. The molecule has 0 saturated carbocycles. The second kappa shape index (κ2) is 11.0. The maximum absolute atomic E-state index is 12.9. The van der Waals surface area contributed by atoms with Crippen molar-refractivity contribution in [1.82, 2.24) is 10.2 Å². The normalized spacial score (nSPS) is 10.5. The summed E-state index contributed by atoms with van der Waals surface area (Å²) in [7, 11) is 3.34. The fraction of sp³-hybridized carbons (Fsp3) is 0.300. The van der Waals surface area contributed by atoms with Crippen LogP contribution in [0.3, 0.4) is 0 Å². The Morgan fingerprint density at radius 1 is 1.19 bits per heavy atom. The molecule has 0 aromatic heterocycles. The molecule has 0 radical (unpaired) electrons. The van der Waals surface area contributed by atoms with E-state index in [0.717, 1.165) is 10.5 Å². The van der Waals surface area contributed by atoms with Crippen molar-refractivity contribution >= 4 is 35.2 Å². The van der Waals surface area contributed by atoms with E-state index in [0.29, 0.717) is 30.3 Å². The van der Waals surface area contributed by atoms with E-state index in [2.05, 4.69) is 5.32 Å². The number of rotatable bonds is 9. The monoisotopic (exact) mass is 406 g/mol. The SMILES string of the molecule is COCCNC(=O)CSc1ccccc1C(=O)N(C)Cc1cccc(Cl)c1. The van der Waals surface area contributed by atoms with Gasteiger partial charge in [0.2, 0.25) is 5.91 Å². The summed E-state index contributed by atoms with van der Waals surface area (Å²) in [6, 6.07) is 14.8. The zero-order valence-electron chi connectivity index (χ0n) is 15.4. The molecule has 0 aliphatic heterocycles. The first-order valence-corrected chi connectivity index (χ1v) is 9.85. The predicted molar refractivity (Wildman–Crippen MR) is 109 cm³/mol. The van der Waals surface area contributed by atoms with Crippen LogP contribution in [0.5, 0.6) is 0 Å². The van der Waals surface area contributed by atoms with Crippen LogP contribution in [0.1, 0.15) is 15.9 Å². The van der Waals surface area contributed by atoms with E-state index in [1.807, 2.05) is 36.4 Å². The highest BCUT2D eigenvalue weighted by atomic mass is 35.5. The fourth-order valence-corrected chi connectivity index (χ4v) is 3.53. The lowest BCUT2D eigenvalue weighted by molar-refractivity contribution is -0.118. The number of carbonyl (C=O) groups is 2. The molecule has 0 unspecified atom stereocenters. The molecule has 0 heterocycles. The number of hydrogen-bond acceptors (Lipinski definition) is 4. The van der Waals surface area contributed by atoms with Gasteiger partial charge in [0.15, 0.2) is 0 Å². The number of nitrogens with one attached hydrogen (secondary N) is 1. The zero-order valence-corrected chi connectivity index (χ0v) is 17.0. The first-order valence-electron chi connectivity index (χ1n) is 8.48. The van der Waals surface area contributed by atoms with Gasteiger partial charge in [0, 0.05) is 37.2 Å². The predicted octanol–water partition coefficient (Wildman–Crippen LogP) is 3.47. The molecule has 2 amide bonds. The number of benzene rings is 2. The average molecular weight is 407 g/mol. The number of halogens is 1. The van der Waals surface area contributed by atoms with Crippen molar-refractivity contribution in [3.8, 4) is 0 Å². The van der Waals surface area contributed by atoms with Gasteiger partial charge in [0.25, 0.3) is 5.91 Å². The fourth-order valence-electron chi connectivity index (χ4n) is 2.44. The number of amides is 2. The van der Waals surface area contributed by atoms with Crippen molar-refractivity contribution in [2.24, 2.45) is 0 Å². The molecule has 7 heteroatoms. The number of thioether (sulfide) groups is 1. The van der Waals surface area contributed by atoms with Crippen molar-refractivity contribution in [3.63, 3.8) is 0 Å². The van der Waals surface area contributed by atoms with E-state index in [1.165, 1.54) is 11.8 Å². The highest BCUT2D eigenvalue weighted by Crippen LogP contribution is 2.24. The van der Waals surface area contributed by atoms with E-state index >= 15 is 0 Å². The maximum atomic E-state index is 12.9. The quantitative estimate of drug-likeness (QED) is 0.511. The molecule has 0 atom stereocenters. The number of carbonyl (C=O) groups excluding carboxylic acids is 2. The average Bonchev–Trinajstić information content (AvgIpc) is 2.66. The summed E-state index contributed by atoms with van der Waals surface area (Å²) in [5.74, 6) is 0.0518. The van der Waals surface area contributed by atoms with Crippen LogP contribution in [0.25, 0.3) is 0 Å². The Bertz CT molecular complexity index is 785. The van der Waals surface area contributed by atoms with E-state index in [4.69, 9.17) is 16.3 Å². The Morgan fingerprint density at radius 2 is 1.96 bits per heavy atom. The lowest BCUT2D eigenvalue weighted by atomic mass is 10.1. The molecule has 2 rings (SSSR count). The summed E-state index contributed by atoms with van der Waals surface area (Å²) in [4.78, 5) is 27.2. The van der Waals surface area contributed by atoms with Crippen molar-refractivity contribution in [3.05, 3.63) is 64.7 Å². The standard InChI is InChI=1S/C20H23ClN2O3S/c1-23(13-15-6-5-7-16(21)12-15)20(25)17-8-3-4-9-18(17)27-14-19(24)22-10-11-26-2/h3-9,12H,10-11,13-14H2,1-2H3,(H,22,24). The van der Waals surface area contributed by atoms with Gasteiger partial charge in [-0.1, -0.05) is 35.9 Å². The third-order valence-electron chi connectivity index (χ3n) is 3.76. The van der Waals surface area contributed by atoms with Gasteiger partial charge in [0.1, 0.15) is 0 Å². The first-order chi connectivity index (χ1) is 13.0. The van der Waals surface area contributed by atoms with Crippen LogP contribution in [0.4, 0.5) is 0 Å². The number of hydrogen-bond donors (Lipinski definition) is 1. The van der Waals surface area contributed by atoms with Crippen LogP contribution in [0, 0.1) is 0 Å². The Morgan fingerprint density at radius 3 is 2.70 bits per heavy atom. The Hall–Kier alpha value is -2.02. The van der Waals surface area contributed by atoms with Gasteiger partial charge in [-0.05, 0) is 29.8 Å². The molecule has 0 saturated heterocycles. The first kappa shape index (κ1) is 21.3. The molecule has 27 heavy (non-hydrogen) atoms. The second-order valence-electron chi connectivity index (χ2n) is 5.92. The summed E-state index contributed by atoms with van der Waals surface area (Å²) in [5.41, 5.74) is 1.54. The van der Waals surface area contributed by atoms with Gasteiger partial charge in [-0.2, -0.15) is 0 Å². The van der Waals surface area contributed by atoms with Crippen LogP contribution < -0.4 is 5.32 Å². The van der Waals surface area contributed by atoms with Crippen LogP contribution in [-0.4, -0.2) is 49.8 Å². The van der Waals surface area contributed by atoms with Crippen LogP contribution in [-0.2, 0) is 16.1 Å². The topological polar surface area (TPSA) is 58.6 Å². The molecule has 0 spiro atoms. The Labute approximate surface area is 169 Å².